The molecule has 2 aliphatic heterocycles. The van der Waals surface area contributed by atoms with E-state index in [1.807, 2.05) is 48.2 Å². The summed E-state index contributed by atoms with van der Waals surface area (Å²) in [5, 5.41) is 4.01. The largest absolute Gasteiger partial charge is 0.353 e. The van der Waals surface area contributed by atoms with Crippen molar-refractivity contribution in [3.8, 4) is 0 Å². The fourth-order valence-electron chi connectivity index (χ4n) is 4.90. The van der Waals surface area contributed by atoms with E-state index >= 15 is 0 Å². The van der Waals surface area contributed by atoms with E-state index in [2.05, 4.69) is 41.4 Å². The summed E-state index contributed by atoms with van der Waals surface area (Å²) in [7, 11) is 0. The van der Waals surface area contributed by atoms with Crippen molar-refractivity contribution in [2.24, 2.45) is 5.92 Å². The van der Waals surface area contributed by atoms with Crippen LogP contribution in [0.25, 0.3) is 17.0 Å². The van der Waals surface area contributed by atoms with Crippen molar-refractivity contribution < 1.29 is 4.79 Å². The quantitative estimate of drug-likeness (QED) is 0.355. The molecule has 3 fully saturated rings. The van der Waals surface area contributed by atoms with Crippen molar-refractivity contribution >= 4 is 46.2 Å². The zero-order valence-corrected chi connectivity index (χ0v) is 19.3. The molecule has 6 rings (SSSR count). The highest BCUT2D eigenvalue weighted by atomic mass is 32.2. The van der Waals surface area contributed by atoms with Gasteiger partial charge in [-0.05, 0) is 91.5 Å². The van der Waals surface area contributed by atoms with E-state index in [9.17, 15) is 4.79 Å². The standard InChI is InChI=1S/C27H29N3OS/c1-2-32-24-12-5-19(6-13-24)7-16-27(31)28-22-9-14-25-21(17-22)8-15-26(29-25)30-18-20-3-10-23(30)11-4-20/h5-9,12-17,20,23H,2-4,10-11,18H2,1H3,(H,28,31)/b16-7+. The number of piperidine rings is 2. The monoisotopic (exact) mass is 443 g/mol. The van der Waals surface area contributed by atoms with E-state index in [-0.39, 0.29) is 5.91 Å². The lowest BCUT2D eigenvalue weighted by Gasteiger charge is -2.46. The van der Waals surface area contributed by atoms with Gasteiger partial charge in [0.25, 0.3) is 0 Å². The van der Waals surface area contributed by atoms with Gasteiger partial charge < -0.3 is 10.2 Å². The van der Waals surface area contributed by atoms with Gasteiger partial charge in [-0.25, -0.2) is 4.98 Å². The number of fused-ring (bicyclic) bond motifs is 4. The minimum atomic E-state index is -0.134. The molecule has 2 aromatic carbocycles. The van der Waals surface area contributed by atoms with Gasteiger partial charge in [0.15, 0.2) is 0 Å². The zero-order chi connectivity index (χ0) is 21.9. The van der Waals surface area contributed by atoms with Crippen LogP contribution in [-0.2, 0) is 4.79 Å². The van der Waals surface area contributed by atoms with Crippen molar-refractivity contribution in [3.63, 3.8) is 0 Å². The molecule has 0 unspecified atom stereocenters. The third kappa shape index (κ3) is 4.68. The predicted octanol–water partition coefficient (Wildman–Crippen LogP) is 6.38. The Labute approximate surface area is 194 Å². The zero-order valence-electron chi connectivity index (χ0n) is 18.5. The first-order chi connectivity index (χ1) is 15.7. The topological polar surface area (TPSA) is 45.2 Å². The molecule has 2 saturated heterocycles. The first kappa shape index (κ1) is 21.1. The van der Waals surface area contributed by atoms with Gasteiger partial charge in [0.05, 0.1) is 5.52 Å². The van der Waals surface area contributed by atoms with E-state index in [0.29, 0.717) is 6.04 Å². The smallest absolute Gasteiger partial charge is 0.248 e. The highest BCUT2D eigenvalue weighted by Gasteiger charge is 2.34. The number of nitrogens with zero attached hydrogens (tertiary/aromatic N) is 2. The van der Waals surface area contributed by atoms with Crippen molar-refractivity contribution in [1.82, 2.24) is 4.98 Å². The van der Waals surface area contributed by atoms with Gasteiger partial charge >= 0.3 is 0 Å². The van der Waals surface area contributed by atoms with Crippen LogP contribution < -0.4 is 10.2 Å². The molecule has 3 heterocycles. The number of pyridine rings is 1. The molecule has 1 aliphatic carbocycles. The van der Waals surface area contributed by atoms with Gasteiger partial charge in [0.2, 0.25) is 5.91 Å². The molecule has 3 aromatic rings. The number of amides is 1. The number of benzene rings is 2. The van der Waals surface area contributed by atoms with Crippen LogP contribution >= 0.6 is 11.8 Å². The molecule has 0 radical (unpaired) electrons. The Morgan fingerprint density at radius 1 is 1.09 bits per heavy atom. The lowest BCUT2D eigenvalue weighted by atomic mass is 9.80. The van der Waals surface area contributed by atoms with E-state index in [1.54, 1.807) is 6.08 Å². The maximum atomic E-state index is 12.4. The number of hydrogen-bond acceptors (Lipinski definition) is 4. The van der Waals surface area contributed by atoms with Crippen LogP contribution in [0.3, 0.4) is 0 Å². The summed E-state index contributed by atoms with van der Waals surface area (Å²) >= 11 is 1.81. The Morgan fingerprint density at radius 3 is 2.62 bits per heavy atom. The lowest BCUT2D eigenvalue weighted by Crippen LogP contribution is -2.48. The summed E-state index contributed by atoms with van der Waals surface area (Å²) < 4.78 is 0. The van der Waals surface area contributed by atoms with Gasteiger partial charge in [-0.3, -0.25) is 4.79 Å². The highest BCUT2D eigenvalue weighted by molar-refractivity contribution is 7.99. The molecule has 5 heteroatoms. The SMILES string of the molecule is CCSc1ccc(/C=C/C(=O)Nc2ccc3nc(N4CC5CCC4CC5)ccc3c2)cc1. The summed E-state index contributed by atoms with van der Waals surface area (Å²) in [6, 6.07) is 19.1. The van der Waals surface area contributed by atoms with Crippen LogP contribution in [0.15, 0.2) is 65.6 Å². The van der Waals surface area contributed by atoms with Crippen LogP contribution in [0.4, 0.5) is 11.5 Å². The lowest BCUT2D eigenvalue weighted by molar-refractivity contribution is -0.111. The minimum absolute atomic E-state index is 0.134. The second-order valence-electron chi connectivity index (χ2n) is 8.73. The normalized spacial score (nSPS) is 20.2. The number of carbonyl (C=O) groups excluding carboxylic acids is 1. The third-order valence-corrected chi connectivity index (χ3v) is 7.46. The second kappa shape index (κ2) is 9.37. The molecule has 1 saturated carbocycles. The van der Waals surface area contributed by atoms with Crippen LogP contribution in [0.1, 0.15) is 38.2 Å². The maximum absolute atomic E-state index is 12.4. The Hall–Kier alpha value is -2.79. The minimum Gasteiger partial charge on any atom is -0.353 e. The Kier molecular flexibility index (Phi) is 6.17. The van der Waals surface area contributed by atoms with E-state index in [4.69, 9.17) is 4.98 Å². The fraction of sp³-hybridized carbons (Fsp3) is 0.333. The molecule has 3 aliphatic rings. The summed E-state index contributed by atoms with van der Waals surface area (Å²) in [5.41, 5.74) is 2.78. The summed E-state index contributed by atoms with van der Waals surface area (Å²) in [4.78, 5) is 21.1. The summed E-state index contributed by atoms with van der Waals surface area (Å²) in [5.74, 6) is 2.84. The van der Waals surface area contributed by atoms with Crippen molar-refractivity contribution in [2.45, 2.75) is 43.5 Å². The molecule has 32 heavy (non-hydrogen) atoms. The molecule has 164 valence electrons. The number of anilines is 2. The molecule has 4 nitrogen and oxygen atoms in total. The van der Waals surface area contributed by atoms with Gasteiger partial charge in [0.1, 0.15) is 5.82 Å². The first-order valence-electron chi connectivity index (χ1n) is 11.6. The number of nitrogens with one attached hydrogen (secondary N) is 1. The van der Waals surface area contributed by atoms with E-state index in [1.165, 1.54) is 30.6 Å². The predicted molar refractivity (Wildman–Crippen MR) is 135 cm³/mol. The number of hydrogen-bond donors (Lipinski definition) is 1. The highest BCUT2D eigenvalue weighted by Crippen LogP contribution is 2.37. The number of thioether (sulfide) groups is 1. The van der Waals surface area contributed by atoms with Crippen LogP contribution in [0.5, 0.6) is 0 Å². The Bertz CT molecular complexity index is 1130. The molecular formula is C27H29N3OS. The van der Waals surface area contributed by atoms with E-state index < -0.39 is 0 Å². The third-order valence-electron chi connectivity index (χ3n) is 6.57. The average Bonchev–Trinajstić information content (AvgIpc) is 2.84. The Balaban J connectivity index is 1.25. The van der Waals surface area contributed by atoms with Crippen molar-refractivity contribution in [1.29, 1.82) is 0 Å². The van der Waals surface area contributed by atoms with Crippen molar-refractivity contribution in [2.75, 3.05) is 22.5 Å². The van der Waals surface area contributed by atoms with Crippen LogP contribution in [0.2, 0.25) is 0 Å². The van der Waals surface area contributed by atoms with E-state index in [0.717, 1.165) is 46.2 Å². The first-order valence-corrected chi connectivity index (χ1v) is 12.6. The van der Waals surface area contributed by atoms with Gasteiger partial charge in [0, 0.05) is 34.6 Å². The number of carbonyl (C=O) groups is 1. The molecular weight excluding hydrogens is 414 g/mol. The maximum Gasteiger partial charge on any atom is 0.248 e. The molecule has 0 spiro atoms. The van der Waals surface area contributed by atoms with Gasteiger partial charge in [-0.15, -0.1) is 11.8 Å². The second-order valence-corrected chi connectivity index (χ2v) is 10.1. The molecule has 1 amide bonds. The average molecular weight is 444 g/mol. The van der Waals surface area contributed by atoms with Crippen molar-refractivity contribution in [3.05, 3.63) is 66.2 Å². The molecule has 0 atom stereocenters. The fourth-order valence-corrected chi connectivity index (χ4v) is 5.56. The molecule has 1 N–H and O–H groups in total. The summed E-state index contributed by atoms with van der Waals surface area (Å²) in [6.07, 6.45) is 8.76. The number of aromatic nitrogens is 1. The van der Waals surface area contributed by atoms with Gasteiger partial charge in [-0.1, -0.05) is 19.1 Å². The molecule has 1 aromatic heterocycles. The van der Waals surface area contributed by atoms with Crippen LogP contribution in [0, 0.1) is 5.92 Å². The number of rotatable bonds is 6. The Morgan fingerprint density at radius 2 is 1.91 bits per heavy atom. The van der Waals surface area contributed by atoms with Crippen LogP contribution in [-0.4, -0.2) is 29.2 Å². The van der Waals surface area contributed by atoms with Gasteiger partial charge in [-0.2, -0.15) is 0 Å². The molecule has 2 bridgehead atoms. The summed E-state index contributed by atoms with van der Waals surface area (Å²) in [6.45, 7) is 3.28.